The minimum absolute atomic E-state index is 0.117. The fraction of sp³-hybridized carbons (Fsp3) is 0.200. The zero-order valence-electron chi connectivity index (χ0n) is 11.6. The summed E-state index contributed by atoms with van der Waals surface area (Å²) in [5, 5.41) is 5.17. The molecule has 2 heterocycles. The Morgan fingerprint density at radius 3 is 2.65 bits per heavy atom. The van der Waals surface area contributed by atoms with Gasteiger partial charge in [0.2, 0.25) is 11.6 Å². The number of aromatic nitrogens is 2. The first kappa shape index (κ1) is 12.5. The van der Waals surface area contributed by atoms with Gasteiger partial charge in [-0.3, -0.25) is 4.79 Å². The zero-order valence-corrected chi connectivity index (χ0v) is 11.6. The van der Waals surface area contributed by atoms with Gasteiger partial charge in [0.1, 0.15) is 0 Å². The van der Waals surface area contributed by atoms with Gasteiger partial charge in [-0.05, 0) is 32.4 Å². The monoisotopic (exact) mass is 269 g/mol. The first-order valence-electron chi connectivity index (χ1n) is 6.35. The Hall–Kier alpha value is -2.56. The highest BCUT2D eigenvalue weighted by molar-refractivity contribution is 6.10. The summed E-state index contributed by atoms with van der Waals surface area (Å²) in [5.74, 6) is 0.0315. The molecule has 3 rings (SSSR count). The highest BCUT2D eigenvalue weighted by atomic mass is 16.4. The Labute approximate surface area is 116 Å². The third-order valence-electron chi connectivity index (χ3n) is 3.42. The Bertz CT molecular complexity index is 827. The number of Topliss-reactive ketones (excluding diaryl/α,β-unsaturated/α-hetero) is 1. The Morgan fingerprint density at radius 2 is 2.00 bits per heavy atom. The fourth-order valence-corrected chi connectivity index (χ4v) is 2.48. The van der Waals surface area contributed by atoms with Gasteiger partial charge < -0.3 is 10.2 Å². The summed E-state index contributed by atoms with van der Waals surface area (Å²) in [6, 6.07) is 7.84. The lowest BCUT2D eigenvalue weighted by atomic mass is 10.1. The van der Waals surface area contributed by atoms with Crippen LogP contribution in [0.15, 0.2) is 28.7 Å². The van der Waals surface area contributed by atoms with Crippen molar-refractivity contribution in [3.63, 3.8) is 0 Å². The van der Waals surface area contributed by atoms with Gasteiger partial charge in [-0.2, -0.15) is 9.78 Å². The first-order valence-corrected chi connectivity index (χ1v) is 6.35. The molecule has 0 bridgehead atoms. The first-order chi connectivity index (χ1) is 9.50. The van der Waals surface area contributed by atoms with Crippen LogP contribution < -0.4 is 5.73 Å². The number of rotatable bonds is 2. The molecular weight excluding hydrogens is 254 g/mol. The maximum Gasteiger partial charge on any atom is 0.233 e. The number of nitrogens with two attached hydrogens (primary N) is 1. The average Bonchev–Trinajstić information content (AvgIpc) is 2.87. The van der Waals surface area contributed by atoms with Gasteiger partial charge in [0.25, 0.3) is 0 Å². The van der Waals surface area contributed by atoms with E-state index >= 15 is 0 Å². The molecule has 1 aromatic carbocycles. The smallest absolute Gasteiger partial charge is 0.233 e. The molecule has 5 nitrogen and oxygen atoms in total. The van der Waals surface area contributed by atoms with Crippen LogP contribution >= 0.6 is 0 Å². The highest BCUT2D eigenvalue weighted by Gasteiger charge is 2.23. The minimum Gasteiger partial charge on any atom is -0.422 e. The molecule has 0 fully saturated rings. The summed E-state index contributed by atoms with van der Waals surface area (Å²) in [6.45, 7) is 5.32. The van der Waals surface area contributed by atoms with Crippen LogP contribution in [-0.2, 0) is 0 Å². The molecule has 2 aromatic heterocycles. The average molecular weight is 269 g/mol. The third-order valence-corrected chi connectivity index (χ3v) is 3.42. The number of carbonyl (C=O) groups is 1. The Morgan fingerprint density at radius 1 is 1.30 bits per heavy atom. The van der Waals surface area contributed by atoms with Gasteiger partial charge in [-0.25, -0.2) is 0 Å². The second-order valence-electron chi connectivity index (χ2n) is 4.86. The van der Waals surface area contributed by atoms with Crippen molar-refractivity contribution >= 4 is 22.8 Å². The number of aryl methyl sites for hydroxylation is 2. The maximum atomic E-state index is 11.7. The van der Waals surface area contributed by atoms with Crippen LogP contribution in [0.25, 0.3) is 16.8 Å². The van der Waals surface area contributed by atoms with Gasteiger partial charge in [0.05, 0.1) is 22.3 Å². The molecule has 0 aliphatic carbocycles. The molecule has 20 heavy (non-hydrogen) atoms. The van der Waals surface area contributed by atoms with Crippen LogP contribution in [0.3, 0.4) is 0 Å². The van der Waals surface area contributed by atoms with Crippen molar-refractivity contribution in [1.29, 1.82) is 0 Å². The number of anilines is 1. The van der Waals surface area contributed by atoms with Crippen molar-refractivity contribution in [3.8, 4) is 5.69 Å². The van der Waals surface area contributed by atoms with Crippen LogP contribution in [0.4, 0.5) is 5.88 Å². The summed E-state index contributed by atoms with van der Waals surface area (Å²) in [5.41, 5.74) is 9.46. The molecule has 0 atom stereocenters. The van der Waals surface area contributed by atoms with E-state index in [4.69, 9.17) is 10.2 Å². The fourth-order valence-electron chi connectivity index (χ4n) is 2.48. The largest absolute Gasteiger partial charge is 0.422 e. The van der Waals surface area contributed by atoms with Gasteiger partial charge in [-0.1, -0.05) is 18.2 Å². The molecule has 0 aliphatic heterocycles. The summed E-state index contributed by atoms with van der Waals surface area (Å²) >= 11 is 0. The quantitative estimate of drug-likeness (QED) is 0.726. The van der Waals surface area contributed by atoms with E-state index in [2.05, 4.69) is 5.10 Å². The molecule has 0 saturated heterocycles. The molecule has 0 saturated carbocycles. The summed E-state index contributed by atoms with van der Waals surface area (Å²) in [6.07, 6.45) is 0. The molecule has 102 valence electrons. The molecule has 0 radical (unpaired) electrons. The second kappa shape index (κ2) is 4.23. The van der Waals surface area contributed by atoms with Crippen molar-refractivity contribution in [2.45, 2.75) is 20.8 Å². The lowest BCUT2D eigenvalue weighted by molar-refractivity contribution is 0.101. The zero-order chi connectivity index (χ0) is 14.4. The highest BCUT2D eigenvalue weighted by Crippen LogP contribution is 2.32. The lowest BCUT2D eigenvalue weighted by Gasteiger charge is -2.04. The van der Waals surface area contributed by atoms with E-state index in [0.29, 0.717) is 16.7 Å². The topological polar surface area (TPSA) is 74.1 Å². The van der Waals surface area contributed by atoms with Crippen molar-refractivity contribution in [1.82, 2.24) is 9.78 Å². The van der Waals surface area contributed by atoms with E-state index in [1.165, 1.54) is 6.92 Å². The van der Waals surface area contributed by atoms with Crippen molar-refractivity contribution in [2.24, 2.45) is 0 Å². The third kappa shape index (κ3) is 1.63. The van der Waals surface area contributed by atoms with Gasteiger partial charge in [-0.15, -0.1) is 0 Å². The number of hydrogen-bond acceptors (Lipinski definition) is 4. The molecule has 0 amide bonds. The van der Waals surface area contributed by atoms with E-state index in [9.17, 15) is 4.79 Å². The normalized spacial score (nSPS) is 11.2. The van der Waals surface area contributed by atoms with Crippen LogP contribution in [0.5, 0.6) is 0 Å². The maximum absolute atomic E-state index is 11.7. The van der Waals surface area contributed by atoms with Crippen molar-refractivity contribution < 1.29 is 9.21 Å². The summed E-state index contributed by atoms with van der Waals surface area (Å²) in [4.78, 5) is 11.7. The summed E-state index contributed by atoms with van der Waals surface area (Å²) in [7, 11) is 0. The molecular formula is C15H15N3O2. The SMILES string of the molecule is CC(=O)c1c(N)oc2c1c(C)nn2-c1ccccc1C. The number of para-hydroxylation sites is 1. The predicted octanol–water partition coefficient (Wildman–Crippen LogP) is 3.02. The number of carbonyl (C=O) groups excluding carboxylic acids is 1. The number of nitrogen functional groups attached to an aromatic ring is 1. The van der Waals surface area contributed by atoms with Crippen LogP contribution in [0, 0.1) is 13.8 Å². The molecule has 5 heteroatoms. The van der Waals surface area contributed by atoms with Gasteiger partial charge in [0.15, 0.2) is 5.78 Å². The van der Waals surface area contributed by atoms with E-state index in [1.54, 1.807) is 4.68 Å². The second-order valence-corrected chi connectivity index (χ2v) is 4.86. The van der Waals surface area contributed by atoms with E-state index in [-0.39, 0.29) is 11.7 Å². The van der Waals surface area contributed by atoms with Crippen LogP contribution in [-0.4, -0.2) is 15.6 Å². The number of furan rings is 1. The lowest BCUT2D eigenvalue weighted by Crippen LogP contribution is -1.99. The van der Waals surface area contributed by atoms with Gasteiger partial charge >= 0.3 is 0 Å². The van der Waals surface area contributed by atoms with Crippen molar-refractivity contribution in [2.75, 3.05) is 5.73 Å². The van der Waals surface area contributed by atoms with Crippen molar-refractivity contribution in [3.05, 3.63) is 41.1 Å². The van der Waals surface area contributed by atoms with Gasteiger partial charge in [0, 0.05) is 0 Å². The van der Waals surface area contributed by atoms with Crippen LogP contribution in [0.1, 0.15) is 28.5 Å². The van der Waals surface area contributed by atoms with E-state index in [1.807, 2.05) is 38.1 Å². The predicted molar refractivity (Wildman–Crippen MR) is 77.2 cm³/mol. The Kier molecular flexibility index (Phi) is 2.64. The van der Waals surface area contributed by atoms with Crippen LogP contribution in [0.2, 0.25) is 0 Å². The summed E-state index contributed by atoms with van der Waals surface area (Å²) < 4.78 is 7.28. The number of nitrogens with zero attached hydrogens (tertiary/aromatic N) is 2. The number of hydrogen-bond donors (Lipinski definition) is 1. The van der Waals surface area contributed by atoms with E-state index in [0.717, 1.165) is 16.9 Å². The number of fused-ring (bicyclic) bond motifs is 1. The standard InChI is InChI=1S/C15H15N3O2/c1-8-6-4-5-7-11(8)18-15-12(9(2)17-18)13(10(3)19)14(16)20-15/h4-7H,16H2,1-3H3. The molecule has 2 N–H and O–H groups in total. The Balaban J connectivity index is 2.38. The molecule has 3 aromatic rings. The van der Waals surface area contributed by atoms with E-state index < -0.39 is 0 Å². The molecule has 0 unspecified atom stereocenters. The number of benzene rings is 1. The molecule has 0 aliphatic rings. The molecule has 0 spiro atoms. The minimum atomic E-state index is -0.117. The number of ketones is 1.